The molecule has 1 aliphatic heterocycles. The van der Waals surface area contributed by atoms with E-state index in [4.69, 9.17) is 4.99 Å². The molecule has 0 saturated carbocycles. The lowest BCUT2D eigenvalue weighted by atomic mass is 9.98. The van der Waals surface area contributed by atoms with Crippen LogP contribution in [0, 0.1) is 5.92 Å². The molecule has 0 spiro atoms. The van der Waals surface area contributed by atoms with E-state index in [1.165, 1.54) is 4.90 Å². The second kappa shape index (κ2) is 8.05. The summed E-state index contributed by atoms with van der Waals surface area (Å²) in [6.07, 6.45) is 0.767. The third kappa shape index (κ3) is 3.95. The molecule has 1 amide bonds. The van der Waals surface area contributed by atoms with Crippen LogP contribution in [0.15, 0.2) is 58.0 Å². The van der Waals surface area contributed by atoms with Crippen molar-refractivity contribution in [2.45, 2.75) is 26.3 Å². The highest BCUT2D eigenvalue weighted by Gasteiger charge is 2.35. The van der Waals surface area contributed by atoms with E-state index < -0.39 is 18.6 Å². The molecular weight excluding hydrogens is 408 g/mol. The first-order valence-electron chi connectivity index (χ1n) is 8.88. The van der Waals surface area contributed by atoms with Crippen LogP contribution in [0.4, 0.5) is 5.69 Å². The Kier molecular flexibility index (Phi) is 5.75. The minimum atomic E-state index is -1.05. The van der Waals surface area contributed by atoms with Gasteiger partial charge in [-0.1, -0.05) is 66.5 Å². The summed E-state index contributed by atoms with van der Waals surface area (Å²) in [5.41, 5.74) is 2.92. The number of aliphatic imine (C=N–C) groups is 1. The maximum atomic E-state index is 13.2. The second-order valence-corrected chi connectivity index (χ2v) is 7.57. The lowest BCUT2D eigenvalue weighted by molar-refractivity contribution is -0.136. The summed E-state index contributed by atoms with van der Waals surface area (Å²) in [5, 5.41) is 9.38. The van der Waals surface area contributed by atoms with E-state index in [0.717, 1.165) is 22.0 Å². The molecular formula is C21H21BrN2O3. The monoisotopic (exact) mass is 428 g/mol. The van der Waals surface area contributed by atoms with E-state index >= 15 is 0 Å². The number of hydrogen-bond donors (Lipinski definition) is 1. The van der Waals surface area contributed by atoms with E-state index in [2.05, 4.69) is 15.9 Å². The van der Waals surface area contributed by atoms with Crippen molar-refractivity contribution in [2.24, 2.45) is 10.9 Å². The van der Waals surface area contributed by atoms with Crippen molar-refractivity contribution in [3.8, 4) is 0 Å². The number of anilines is 1. The van der Waals surface area contributed by atoms with Crippen LogP contribution in [0.5, 0.6) is 0 Å². The van der Waals surface area contributed by atoms with Crippen molar-refractivity contribution in [3.05, 3.63) is 64.1 Å². The number of carboxylic acid groups (broad SMARTS) is 1. The number of rotatable bonds is 5. The zero-order chi connectivity index (χ0) is 19.6. The Hall–Kier alpha value is -2.47. The number of fused-ring (bicyclic) bond motifs is 1. The van der Waals surface area contributed by atoms with Crippen molar-refractivity contribution in [1.29, 1.82) is 0 Å². The minimum Gasteiger partial charge on any atom is -0.480 e. The molecule has 5 nitrogen and oxygen atoms in total. The molecule has 1 aliphatic rings. The summed E-state index contributed by atoms with van der Waals surface area (Å²) >= 11 is 3.48. The Labute approximate surface area is 166 Å². The summed E-state index contributed by atoms with van der Waals surface area (Å²) in [6, 6.07) is 14.5. The number of hydrogen-bond acceptors (Lipinski definition) is 3. The predicted octanol–water partition coefficient (Wildman–Crippen LogP) is 4.13. The summed E-state index contributed by atoms with van der Waals surface area (Å²) in [4.78, 5) is 30.9. The number of halogens is 1. The zero-order valence-corrected chi connectivity index (χ0v) is 16.8. The van der Waals surface area contributed by atoms with Crippen molar-refractivity contribution in [2.75, 3.05) is 11.4 Å². The average Bonchev–Trinajstić information content (AvgIpc) is 2.77. The van der Waals surface area contributed by atoms with Crippen LogP contribution in [0.25, 0.3) is 0 Å². The first kappa shape index (κ1) is 19.3. The van der Waals surface area contributed by atoms with Gasteiger partial charge >= 0.3 is 5.97 Å². The first-order chi connectivity index (χ1) is 12.9. The van der Waals surface area contributed by atoms with Gasteiger partial charge in [0.2, 0.25) is 0 Å². The lowest BCUT2D eigenvalue weighted by Gasteiger charge is -2.25. The molecule has 2 atom stereocenters. The quantitative estimate of drug-likeness (QED) is 0.777. The van der Waals surface area contributed by atoms with Crippen LogP contribution in [0.2, 0.25) is 0 Å². The summed E-state index contributed by atoms with van der Waals surface area (Å²) < 4.78 is 0.842. The van der Waals surface area contributed by atoms with Crippen LogP contribution in [-0.2, 0) is 9.59 Å². The first-order valence-corrected chi connectivity index (χ1v) is 9.68. The summed E-state index contributed by atoms with van der Waals surface area (Å²) in [5.74, 6) is -1.34. The van der Waals surface area contributed by atoms with Crippen LogP contribution in [0.1, 0.15) is 31.4 Å². The number of aliphatic carboxylic acids is 1. The zero-order valence-electron chi connectivity index (χ0n) is 15.2. The minimum absolute atomic E-state index is 0.00902. The molecule has 0 radical (unpaired) electrons. The highest BCUT2D eigenvalue weighted by Crippen LogP contribution is 2.32. The Bertz CT molecular complexity index is 896. The molecule has 140 valence electrons. The number of nitrogens with zero attached hydrogens (tertiary/aromatic N) is 2. The fourth-order valence-corrected chi connectivity index (χ4v) is 3.55. The molecule has 1 N–H and O–H groups in total. The fraction of sp³-hybridized carbons (Fsp3) is 0.286. The number of amides is 1. The topological polar surface area (TPSA) is 70.0 Å². The molecule has 2 aromatic carbocycles. The molecule has 6 heteroatoms. The highest BCUT2D eigenvalue weighted by molar-refractivity contribution is 9.10. The maximum Gasteiger partial charge on any atom is 0.323 e. The van der Waals surface area contributed by atoms with Gasteiger partial charge in [-0.2, -0.15) is 0 Å². The van der Waals surface area contributed by atoms with Gasteiger partial charge in [-0.3, -0.25) is 19.5 Å². The van der Waals surface area contributed by atoms with E-state index in [0.29, 0.717) is 11.4 Å². The smallest absolute Gasteiger partial charge is 0.323 e. The predicted molar refractivity (Wildman–Crippen MR) is 109 cm³/mol. The van der Waals surface area contributed by atoms with Gasteiger partial charge in [-0.25, -0.2) is 0 Å². The molecule has 0 aromatic heterocycles. The number of carboxylic acids is 1. The molecule has 0 unspecified atom stereocenters. The van der Waals surface area contributed by atoms with Crippen LogP contribution in [-0.4, -0.2) is 35.3 Å². The van der Waals surface area contributed by atoms with Gasteiger partial charge in [0.1, 0.15) is 12.6 Å². The molecule has 27 heavy (non-hydrogen) atoms. The Balaban J connectivity index is 2.27. The Morgan fingerprint density at radius 3 is 2.59 bits per heavy atom. The second-order valence-electron chi connectivity index (χ2n) is 6.65. The van der Waals surface area contributed by atoms with Crippen LogP contribution < -0.4 is 4.90 Å². The lowest BCUT2D eigenvalue weighted by Crippen LogP contribution is -2.43. The maximum absolute atomic E-state index is 13.2. The third-order valence-electron chi connectivity index (χ3n) is 4.82. The molecule has 3 rings (SSSR count). The Morgan fingerprint density at radius 1 is 1.26 bits per heavy atom. The average molecular weight is 429 g/mol. The van der Waals surface area contributed by atoms with Gasteiger partial charge in [0.05, 0.1) is 11.4 Å². The van der Waals surface area contributed by atoms with Gasteiger partial charge in [0, 0.05) is 15.6 Å². The Morgan fingerprint density at radius 2 is 1.96 bits per heavy atom. The molecule has 0 saturated heterocycles. The van der Waals surface area contributed by atoms with E-state index in [9.17, 15) is 14.7 Å². The fourth-order valence-electron chi connectivity index (χ4n) is 3.19. The molecule has 2 aromatic rings. The van der Waals surface area contributed by atoms with Gasteiger partial charge in [0.15, 0.2) is 0 Å². The van der Waals surface area contributed by atoms with Gasteiger partial charge in [0.25, 0.3) is 5.91 Å². The number of benzodiazepines with no additional fused rings is 1. The molecule has 1 heterocycles. The van der Waals surface area contributed by atoms with Crippen LogP contribution in [0.3, 0.4) is 0 Å². The standard InChI is InChI=1S/C21H21BrN2O3/c1-3-13(2)19-21(27)24(12-18(25)26)17-10-9-15(22)11-16(17)20(23-19)14-7-5-4-6-8-14/h4-11,13,19H,3,12H2,1-2H3,(H,25,26)/t13-,19-/m0/s1. The summed E-state index contributed by atoms with van der Waals surface area (Å²) in [6.45, 7) is 3.59. The third-order valence-corrected chi connectivity index (χ3v) is 5.31. The molecule has 0 fully saturated rings. The van der Waals surface area contributed by atoms with Gasteiger partial charge < -0.3 is 5.11 Å². The van der Waals surface area contributed by atoms with E-state index in [-0.39, 0.29) is 11.8 Å². The largest absolute Gasteiger partial charge is 0.480 e. The number of carbonyl (C=O) groups excluding carboxylic acids is 1. The van der Waals surface area contributed by atoms with Crippen LogP contribution >= 0.6 is 15.9 Å². The van der Waals surface area contributed by atoms with Crippen molar-refractivity contribution in [3.63, 3.8) is 0 Å². The normalized spacial score (nSPS) is 17.7. The number of carbonyl (C=O) groups is 2. The van der Waals surface area contributed by atoms with Gasteiger partial charge in [-0.15, -0.1) is 0 Å². The van der Waals surface area contributed by atoms with Crippen molar-refractivity contribution in [1.82, 2.24) is 0 Å². The van der Waals surface area contributed by atoms with E-state index in [1.54, 1.807) is 6.07 Å². The van der Waals surface area contributed by atoms with Crippen molar-refractivity contribution >= 4 is 39.2 Å². The molecule has 0 bridgehead atoms. The number of benzene rings is 2. The van der Waals surface area contributed by atoms with E-state index in [1.807, 2.05) is 56.3 Å². The molecule has 0 aliphatic carbocycles. The van der Waals surface area contributed by atoms with Gasteiger partial charge in [-0.05, 0) is 24.1 Å². The SMILES string of the molecule is CC[C@H](C)[C@@H]1N=C(c2ccccc2)c2cc(Br)ccc2N(CC(=O)O)C1=O. The van der Waals surface area contributed by atoms with Crippen molar-refractivity contribution < 1.29 is 14.7 Å². The summed E-state index contributed by atoms with van der Waals surface area (Å²) in [7, 11) is 0. The highest BCUT2D eigenvalue weighted by atomic mass is 79.9.